The van der Waals surface area contributed by atoms with E-state index in [-0.39, 0.29) is 24.2 Å². The number of ether oxygens (including phenoxy) is 1. The Balaban J connectivity index is 2.26. The summed E-state index contributed by atoms with van der Waals surface area (Å²) in [5, 5.41) is 2.76. The molecule has 3 N–H and O–H groups in total. The molecule has 1 saturated carbocycles. The Labute approximate surface area is 95.7 Å². The average molecular weight is 228 g/mol. The predicted octanol–water partition coefficient (Wildman–Crippen LogP) is 0.0407. The fourth-order valence-electron chi connectivity index (χ4n) is 2.19. The van der Waals surface area contributed by atoms with Crippen molar-refractivity contribution >= 4 is 11.9 Å². The lowest BCUT2D eigenvalue weighted by Crippen LogP contribution is -2.36. The minimum Gasteiger partial charge on any atom is -0.469 e. The summed E-state index contributed by atoms with van der Waals surface area (Å²) in [5.74, 6) is 0.0553. The second-order valence-electron chi connectivity index (χ2n) is 4.15. The molecule has 0 heterocycles. The summed E-state index contributed by atoms with van der Waals surface area (Å²) in [5.41, 5.74) is 5.61. The van der Waals surface area contributed by atoms with Crippen LogP contribution in [-0.4, -0.2) is 32.1 Å². The highest BCUT2D eigenvalue weighted by molar-refractivity contribution is 5.80. The van der Waals surface area contributed by atoms with E-state index in [1.165, 1.54) is 7.11 Å². The van der Waals surface area contributed by atoms with Gasteiger partial charge in [0.25, 0.3) is 0 Å². The van der Waals surface area contributed by atoms with Crippen molar-refractivity contribution in [3.05, 3.63) is 0 Å². The second kappa shape index (κ2) is 6.48. The standard InChI is InChI=1S/C11H20N2O3/c1-16-10(14)5-6-13-11(15)9-4-2-3-8(9)7-12/h8-9H,2-7,12H2,1H3,(H,13,15)/t8-,9-/m1/s1. The predicted molar refractivity (Wildman–Crippen MR) is 59.5 cm³/mol. The van der Waals surface area contributed by atoms with Crippen LogP contribution in [-0.2, 0) is 14.3 Å². The van der Waals surface area contributed by atoms with Gasteiger partial charge in [0.05, 0.1) is 13.5 Å². The van der Waals surface area contributed by atoms with Gasteiger partial charge >= 0.3 is 5.97 Å². The second-order valence-corrected chi connectivity index (χ2v) is 4.15. The van der Waals surface area contributed by atoms with Crippen molar-refractivity contribution in [2.45, 2.75) is 25.7 Å². The van der Waals surface area contributed by atoms with E-state index in [2.05, 4.69) is 10.1 Å². The molecule has 0 aromatic rings. The van der Waals surface area contributed by atoms with Crippen LogP contribution in [0.2, 0.25) is 0 Å². The van der Waals surface area contributed by atoms with Crippen molar-refractivity contribution in [3.63, 3.8) is 0 Å². The Morgan fingerprint density at radius 2 is 2.19 bits per heavy atom. The van der Waals surface area contributed by atoms with Gasteiger partial charge in [-0.25, -0.2) is 0 Å². The van der Waals surface area contributed by atoms with Gasteiger partial charge in [-0.15, -0.1) is 0 Å². The highest BCUT2D eigenvalue weighted by Gasteiger charge is 2.31. The molecule has 1 rings (SSSR count). The van der Waals surface area contributed by atoms with Crippen LogP contribution in [0.4, 0.5) is 0 Å². The first kappa shape index (κ1) is 13.0. The molecular formula is C11H20N2O3. The molecule has 0 radical (unpaired) electrons. The number of methoxy groups -OCH3 is 1. The van der Waals surface area contributed by atoms with E-state index in [1.54, 1.807) is 0 Å². The molecule has 0 aliphatic heterocycles. The number of nitrogens with one attached hydrogen (secondary N) is 1. The SMILES string of the molecule is COC(=O)CCNC(=O)[C@@H]1CCC[C@@H]1CN. The largest absolute Gasteiger partial charge is 0.469 e. The normalized spacial score (nSPS) is 24.1. The molecule has 1 amide bonds. The van der Waals surface area contributed by atoms with Crippen molar-refractivity contribution in [2.75, 3.05) is 20.2 Å². The third-order valence-electron chi connectivity index (χ3n) is 3.15. The summed E-state index contributed by atoms with van der Waals surface area (Å²) in [6.07, 6.45) is 3.23. The maximum Gasteiger partial charge on any atom is 0.307 e. The molecule has 1 aliphatic rings. The third-order valence-corrected chi connectivity index (χ3v) is 3.15. The molecule has 5 nitrogen and oxygen atoms in total. The number of nitrogens with two attached hydrogens (primary N) is 1. The van der Waals surface area contributed by atoms with Gasteiger partial charge in [0.2, 0.25) is 5.91 Å². The summed E-state index contributed by atoms with van der Waals surface area (Å²) in [4.78, 5) is 22.6. The molecule has 92 valence electrons. The lowest BCUT2D eigenvalue weighted by molar-refractivity contribution is -0.140. The first-order chi connectivity index (χ1) is 7.69. The van der Waals surface area contributed by atoms with Crippen LogP contribution in [0.3, 0.4) is 0 Å². The van der Waals surface area contributed by atoms with Crippen molar-refractivity contribution < 1.29 is 14.3 Å². The van der Waals surface area contributed by atoms with Crippen LogP contribution in [0.1, 0.15) is 25.7 Å². The molecule has 0 aromatic heterocycles. The van der Waals surface area contributed by atoms with Gasteiger partial charge in [0.15, 0.2) is 0 Å². The van der Waals surface area contributed by atoms with Gasteiger partial charge in [0.1, 0.15) is 0 Å². The summed E-state index contributed by atoms with van der Waals surface area (Å²) >= 11 is 0. The van der Waals surface area contributed by atoms with Crippen molar-refractivity contribution in [1.82, 2.24) is 5.32 Å². The molecule has 0 saturated heterocycles. The average Bonchev–Trinajstić information content (AvgIpc) is 2.76. The van der Waals surface area contributed by atoms with Gasteiger partial charge in [-0.05, 0) is 25.3 Å². The summed E-state index contributed by atoms with van der Waals surface area (Å²) in [6, 6.07) is 0. The fraction of sp³-hybridized carbons (Fsp3) is 0.818. The molecule has 1 aliphatic carbocycles. The Bertz CT molecular complexity index is 256. The first-order valence-electron chi connectivity index (χ1n) is 5.73. The van der Waals surface area contributed by atoms with Crippen molar-refractivity contribution in [3.8, 4) is 0 Å². The van der Waals surface area contributed by atoms with Crippen LogP contribution in [0.5, 0.6) is 0 Å². The van der Waals surface area contributed by atoms with Gasteiger partial charge in [-0.2, -0.15) is 0 Å². The fourth-order valence-corrected chi connectivity index (χ4v) is 2.19. The zero-order valence-corrected chi connectivity index (χ0v) is 9.70. The smallest absolute Gasteiger partial charge is 0.307 e. The van der Waals surface area contributed by atoms with E-state index >= 15 is 0 Å². The van der Waals surface area contributed by atoms with Crippen LogP contribution < -0.4 is 11.1 Å². The maximum atomic E-state index is 11.8. The highest BCUT2D eigenvalue weighted by Crippen LogP contribution is 2.30. The first-order valence-corrected chi connectivity index (χ1v) is 5.73. The molecule has 5 heteroatoms. The van der Waals surface area contributed by atoms with E-state index in [9.17, 15) is 9.59 Å². The molecule has 0 spiro atoms. The van der Waals surface area contributed by atoms with Gasteiger partial charge in [0, 0.05) is 12.5 Å². The summed E-state index contributed by atoms with van der Waals surface area (Å²) in [7, 11) is 1.34. The number of esters is 1. The lowest BCUT2D eigenvalue weighted by atomic mass is 9.95. The minimum atomic E-state index is -0.304. The number of rotatable bonds is 5. The number of carbonyl (C=O) groups is 2. The molecule has 0 unspecified atom stereocenters. The van der Waals surface area contributed by atoms with E-state index in [0.717, 1.165) is 19.3 Å². The molecular weight excluding hydrogens is 208 g/mol. The third kappa shape index (κ3) is 3.48. The maximum absolute atomic E-state index is 11.8. The Kier molecular flexibility index (Phi) is 5.25. The van der Waals surface area contributed by atoms with E-state index in [4.69, 9.17) is 5.73 Å². The van der Waals surface area contributed by atoms with Gasteiger partial charge in [-0.1, -0.05) is 6.42 Å². The van der Waals surface area contributed by atoms with Gasteiger partial charge < -0.3 is 15.8 Å². The van der Waals surface area contributed by atoms with Crippen LogP contribution in [0, 0.1) is 11.8 Å². The Morgan fingerprint density at radius 3 is 2.81 bits per heavy atom. The molecule has 16 heavy (non-hydrogen) atoms. The number of hydrogen-bond acceptors (Lipinski definition) is 4. The summed E-state index contributed by atoms with van der Waals surface area (Å²) in [6.45, 7) is 0.911. The number of amides is 1. The van der Waals surface area contributed by atoms with Crippen LogP contribution in [0.15, 0.2) is 0 Å². The topological polar surface area (TPSA) is 81.4 Å². The van der Waals surface area contributed by atoms with Gasteiger partial charge in [-0.3, -0.25) is 9.59 Å². The Hall–Kier alpha value is -1.10. The minimum absolute atomic E-state index is 0.0249. The molecule has 0 aromatic carbocycles. The Morgan fingerprint density at radius 1 is 1.44 bits per heavy atom. The number of hydrogen-bond donors (Lipinski definition) is 2. The van der Waals surface area contributed by atoms with Crippen molar-refractivity contribution in [2.24, 2.45) is 17.6 Å². The summed E-state index contributed by atoms with van der Waals surface area (Å²) < 4.78 is 4.49. The number of carbonyl (C=O) groups excluding carboxylic acids is 2. The van der Waals surface area contributed by atoms with Crippen LogP contribution >= 0.6 is 0 Å². The molecule has 1 fully saturated rings. The van der Waals surface area contributed by atoms with Crippen molar-refractivity contribution in [1.29, 1.82) is 0 Å². The van der Waals surface area contributed by atoms with E-state index in [0.29, 0.717) is 19.0 Å². The molecule has 0 bridgehead atoms. The highest BCUT2D eigenvalue weighted by atomic mass is 16.5. The van der Waals surface area contributed by atoms with Crippen LogP contribution in [0.25, 0.3) is 0 Å². The monoisotopic (exact) mass is 228 g/mol. The molecule has 2 atom stereocenters. The zero-order valence-electron chi connectivity index (χ0n) is 9.70. The lowest BCUT2D eigenvalue weighted by Gasteiger charge is -2.16. The van der Waals surface area contributed by atoms with E-state index in [1.807, 2.05) is 0 Å². The quantitative estimate of drug-likeness (QED) is 0.651. The van der Waals surface area contributed by atoms with E-state index < -0.39 is 0 Å². The zero-order chi connectivity index (χ0) is 12.0.